The molecule has 3 heterocycles. The number of benzene rings is 1. The molecule has 2 aliphatic heterocycles. The van der Waals surface area contributed by atoms with E-state index >= 15 is 0 Å². The largest absolute Gasteiger partial charge is 0.468 e. The smallest absolute Gasteiger partial charge is 0.326 e. The topological polar surface area (TPSA) is 88.6 Å². The molecule has 4 rings (SSSR count). The third-order valence-corrected chi connectivity index (χ3v) is 6.61. The Bertz CT molecular complexity index is 901. The quantitative estimate of drug-likeness (QED) is 0.610. The number of imide groups is 1. The highest BCUT2D eigenvalue weighted by Gasteiger charge is 2.68. The second-order valence-corrected chi connectivity index (χ2v) is 7.99. The van der Waals surface area contributed by atoms with Gasteiger partial charge >= 0.3 is 5.97 Å². The lowest BCUT2D eigenvalue weighted by Crippen LogP contribution is -2.55. The van der Waals surface area contributed by atoms with Crippen LogP contribution in [0.25, 0.3) is 0 Å². The molecule has 2 amide bonds. The summed E-state index contributed by atoms with van der Waals surface area (Å²) in [5.74, 6) is -2.62. The number of hydrogen-bond donors (Lipinski definition) is 1. The molecule has 146 valence electrons. The highest BCUT2D eigenvalue weighted by Crippen LogP contribution is 2.50. The van der Waals surface area contributed by atoms with Gasteiger partial charge in [0.15, 0.2) is 0 Å². The SMILES string of the molecule is CC[C@@]1(C(=O)OC)N[C@H](c2nccs2)[C@@H]2C(=O)N(Cc3ccccc3)C(=O)[C@@H]21. The number of ether oxygens (including phenoxy) is 1. The summed E-state index contributed by atoms with van der Waals surface area (Å²) in [5.41, 5.74) is -0.378. The predicted octanol–water partition coefficient (Wildman–Crippen LogP) is 1.91. The number of fused-ring (bicyclic) bond motifs is 1. The zero-order valence-electron chi connectivity index (χ0n) is 15.6. The van der Waals surface area contributed by atoms with Crippen molar-refractivity contribution in [3.05, 3.63) is 52.5 Å². The second kappa shape index (κ2) is 7.10. The van der Waals surface area contributed by atoms with E-state index in [4.69, 9.17) is 4.74 Å². The number of aromatic nitrogens is 1. The van der Waals surface area contributed by atoms with Crippen LogP contribution in [0.5, 0.6) is 0 Å². The van der Waals surface area contributed by atoms with Gasteiger partial charge < -0.3 is 4.74 Å². The predicted molar refractivity (Wildman–Crippen MR) is 102 cm³/mol. The average molecular weight is 399 g/mol. The molecule has 1 aromatic heterocycles. The number of carbonyl (C=O) groups is 3. The standard InChI is InChI=1S/C20H21N3O4S/c1-3-20(19(26)27-2)14-13(15(22-20)16-21-9-10-28-16)17(24)23(18(14)25)11-12-7-5-4-6-8-12/h4-10,13-15,22H,3,11H2,1-2H3/t13-,14-,15+,20-/m1/s1. The van der Waals surface area contributed by atoms with Crippen molar-refractivity contribution in [3.63, 3.8) is 0 Å². The number of thiazole rings is 1. The van der Waals surface area contributed by atoms with Gasteiger partial charge in [-0.05, 0) is 12.0 Å². The first-order valence-electron chi connectivity index (χ1n) is 9.18. The van der Waals surface area contributed by atoms with Gasteiger partial charge in [0.25, 0.3) is 0 Å². The van der Waals surface area contributed by atoms with Crippen LogP contribution in [-0.2, 0) is 25.7 Å². The van der Waals surface area contributed by atoms with Crippen LogP contribution in [0.3, 0.4) is 0 Å². The molecule has 7 nitrogen and oxygen atoms in total. The van der Waals surface area contributed by atoms with E-state index in [2.05, 4.69) is 10.3 Å². The summed E-state index contributed by atoms with van der Waals surface area (Å²) in [4.78, 5) is 45.0. The van der Waals surface area contributed by atoms with Crippen molar-refractivity contribution in [1.82, 2.24) is 15.2 Å². The van der Waals surface area contributed by atoms with Crippen LogP contribution in [0.15, 0.2) is 41.9 Å². The lowest BCUT2D eigenvalue weighted by Gasteiger charge is -2.31. The first kappa shape index (κ1) is 18.8. The van der Waals surface area contributed by atoms with Crippen molar-refractivity contribution >= 4 is 29.1 Å². The molecule has 28 heavy (non-hydrogen) atoms. The zero-order chi connectivity index (χ0) is 19.9. The average Bonchev–Trinajstić information content (AvgIpc) is 3.42. The summed E-state index contributed by atoms with van der Waals surface area (Å²) in [6.45, 7) is 2.01. The summed E-state index contributed by atoms with van der Waals surface area (Å²) >= 11 is 1.40. The number of methoxy groups -OCH3 is 1. The van der Waals surface area contributed by atoms with Crippen molar-refractivity contribution in [2.75, 3.05) is 7.11 Å². The van der Waals surface area contributed by atoms with Crippen molar-refractivity contribution < 1.29 is 19.1 Å². The Morgan fingerprint density at radius 1 is 1.29 bits per heavy atom. The minimum atomic E-state index is -1.24. The van der Waals surface area contributed by atoms with E-state index in [-0.39, 0.29) is 18.4 Å². The maximum Gasteiger partial charge on any atom is 0.326 e. The van der Waals surface area contributed by atoms with Crippen molar-refractivity contribution in [3.8, 4) is 0 Å². The number of nitrogens with one attached hydrogen (secondary N) is 1. The molecular weight excluding hydrogens is 378 g/mol. The highest BCUT2D eigenvalue weighted by molar-refractivity contribution is 7.09. The van der Waals surface area contributed by atoms with Gasteiger partial charge in [0.05, 0.1) is 31.5 Å². The maximum atomic E-state index is 13.4. The summed E-state index contributed by atoms with van der Waals surface area (Å²) in [6, 6.07) is 8.86. The first-order valence-corrected chi connectivity index (χ1v) is 10.1. The van der Waals surface area contributed by atoms with E-state index in [0.717, 1.165) is 5.56 Å². The Hall–Kier alpha value is -2.58. The number of likely N-dealkylation sites (tertiary alicyclic amines) is 1. The fourth-order valence-electron chi connectivity index (χ4n) is 4.42. The molecule has 2 aromatic rings. The van der Waals surface area contributed by atoms with Crippen LogP contribution in [0.2, 0.25) is 0 Å². The number of amides is 2. The second-order valence-electron chi connectivity index (χ2n) is 7.06. The molecule has 2 saturated heterocycles. The lowest BCUT2D eigenvalue weighted by molar-refractivity contribution is -0.154. The van der Waals surface area contributed by atoms with E-state index in [1.807, 2.05) is 42.6 Å². The number of nitrogens with zero attached hydrogens (tertiary/aromatic N) is 2. The van der Waals surface area contributed by atoms with Gasteiger partial charge in [0.1, 0.15) is 10.5 Å². The van der Waals surface area contributed by atoms with E-state index < -0.39 is 29.4 Å². The minimum absolute atomic E-state index is 0.192. The summed E-state index contributed by atoms with van der Waals surface area (Å²) in [5, 5.41) is 5.77. The highest BCUT2D eigenvalue weighted by atomic mass is 32.1. The summed E-state index contributed by atoms with van der Waals surface area (Å²) in [6.07, 6.45) is 1.99. The van der Waals surface area contributed by atoms with Gasteiger partial charge in [-0.1, -0.05) is 37.3 Å². The molecule has 0 spiro atoms. The van der Waals surface area contributed by atoms with Crippen LogP contribution >= 0.6 is 11.3 Å². The molecule has 1 N–H and O–H groups in total. The third-order valence-electron chi connectivity index (χ3n) is 5.75. The zero-order valence-corrected chi connectivity index (χ0v) is 16.4. The van der Waals surface area contributed by atoms with Gasteiger partial charge in [0, 0.05) is 11.6 Å². The molecule has 0 bridgehead atoms. The molecule has 0 unspecified atom stereocenters. The number of carbonyl (C=O) groups excluding carboxylic acids is 3. The van der Waals surface area contributed by atoms with Gasteiger partial charge in [0.2, 0.25) is 11.8 Å². The first-order chi connectivity index (χ1) is 13.5. The Labute approximate surface area is 166 Å². The van der Waals surface area contributed by atoms with Crippen molar-refractivity contribution in [1.29, 1.82) is 0 Å². The van der Waals surface area contributed by atoms with Crippen molar-refractivity contribution in [2.45, 2.75) is 31.5 Å². The summed E-state index contributed by atoms with van der Waals surface area (Å²) in [7, 11) is 1.30. The van der Waals surface area contributed by atoms with Crippen LogP contribution in [0, 0.1) is 11.8 Å². The van der Waals surface area contributed by atoms with Gasteiger partial charge in [-0.2, -0.15) is 0 Å². The third kappa shape index (κ3) is 2.67. The Morgan fingerprint density at radius 3 is 2.64 bits per heavy atom. The van der Waals surface area contributed by atoms with E-state index in [9.17, 15) is 14.4 Å². The van der Waals surface area contributed by atoms with E-state index in [0.29, 0.717) is 11.4 Å². The Balaban J connectivity index is 1.76. The molecule has 0 saturated carbocycles. The fourth-order valence-corrected chi connectivity index (χ4v) is 5.16. The van der Waals surface area contributed by atoms with Crippen molar-refractivity contribution in [2.24, 2.45) is 11.8 Å². The molecule has 1 aromatic carbocycles. The lowest BCUT2D eigenvalue weighted by atomic mass is 9.78. The van der Waals surface area contributed by atoms with Gasteiger partial charge in [-0.15, -0.1) is 11.3 Å². The van der Waals surface area contributed by atoms with Crippen LogP contribution < -0.4 is 5.32 Å². The number of esters is 1. The molecule has 8 heteroatoms. The van der Waals surface area contributed by atoms with Gasteiger partial charge in [-0.25, -0.2) is 4.98 Å². The van der Waals surface area contributed by atoms with Crippen LogP contribution in [0.4, 0.5) is 0 Å². The molecule has 2 fully saturated rings. The van der Waals surface area contributed by atoms with Crippen LogP contribution in [-0.4, -0.2) is 40.3 Å². The normalized spacial score (nSPS) is 29.2. The van der Waals surface area contributed by atoms with Gasteiger partial charge in [-0.3, -0.25) is 24.6 Å². The monoisotopic (exact) mass is 399 g/mol. The molecule has 0 aliphatic carbocycles. The number of rotatable bonds is 5. The Morgan fingerprint density at radius 2 is 2.04 bits per heavy atom. The molecule has 2 aliphatic rings. The summed E-state index contributed by atoms with van der Waals surface area (Å²) < 4.78 is 5.04. The molecule has 0 radical (unpaired) electrons. The molecule has 4 atom stereocenters. The van der Waals surface area contributed by atoms with E-state index in [1.165, 1.54) is 23.3 Å². The minimum Gasteiger partial charge on any atom is -0.468 e. The maximum absolute atomic E-state index is 13.4. The van der Waals surface area contributed by atoms with E-state index in [1.54, 1.807) is 6.20 Å². The Kier molecular flexibility index (Phi) is 4.76. The van der Waals surface area contributed by atoms with Crippen LogP contribution in [0.1, 0.15) is 30.0 Å². The molecular formula is C20H21N3O4S. The fraction of sp³-hybridized carbons (Fsp3) is 0.400. The number of hydrogen-bond acceptors (Lipinski definition) is 7.